The second kappa shape index (κ2) is 8.29. The first-order valence-corrected chi connectivity index (χ1v) is 7.21. The van der Waals surface area contributed by atoms with Gasteiger partial charge in [0.25, 0.3) is 0 Å². The van der Waals surface area contributed by atoms with Crippen LogP contribution in [-0.2, 0) is 18.3 Å². The Morgan fingerprint density at radius 2 is 2.39 bits per heavy atom. The molecule has 3 rings (SSSR count). The van der Waals surface area contributed by atoms with E-state index in [9.17, 15) is 0 Å². The molecular formula is C14H21IN6O2. The van der Waals surface area contributed by atoms with Gasteiger partial charge in [0.2, 0.25) is 0 Å². The molecule has 0 radical (unpaired) electrons. The number of rotatable bonds is 3. The number of hydrogen-bond acceptors (Lipinski definition) is 5. The molecule has 0 bridgehead atoms. The summed E-state index contributed by atoms with van der Waals surface area (Å²) in [6.07, 6.45) is 5.40. The third-order valence-electron chi connectivity index (χ3n) is 3.59. The molecule has 1 N–H and O–H groups in total. The molecule has 3 heterocycles. The van der Waals surface area contributed by atoms with Crippen LogP contribution in [0.25, 0.3) is 0 Å². The van der Waals surface area contributed by atoms with E-state index in [1.54, 1.807) is 18.0 Å². The van der Waals surface area contributed by atoms with Crippen LogP contribution in [0.15, 0.2) is 34.2 Å². The molecule has 2 aromatic rings. The van der Waals surface area contributed by atoms with Crippen LogP contribution < -0.4 is 5.32 Å². The van der Waals surface area contributed by atoms with E-state index in [0.29, 0.717) is 13.2 Å². The molecule has 1 aliphatic heterocycles. The van der Waals surface area contributed by atoms with Gasteiger partial charge >= 0.3 is 0 Å². The first-order chi connectivity index (χ1) is 10.8. The first-order valence-electron chi connectivity index (χ1n) is 7.21. The molecule has 1 atom stereocenters. The van der Waals surface area contributed by atoms with E-state index in [4.69, 9.17) is 9.26 Å². The highest BCUT2D eigenvalue weighted by atomic mass is 127. The zero-order valence-corrected chi connectivity index (χ0v) is 15.5. The number of nitrogens with zero attached hydrogens (tertiary/aromatic N) is 5. The lowest BCUT2D eigenvalue weighted by Gasteiger charge is -2.34. The lowest BCUT2D eigenvalue weighted by molar-refractivity contribution is -0.00806. The van der Waals surface area contributed by atoms with E-state index in [0.717, 1.165) is 30.3 Å². The smallest absolute Gasteiger partial charge is 0.194 e. The number of halogens is 1. The van der Waals surface area contributed by atoms with Crippen molar-refractivity contribution in [3.63, 3.8) is 0 Å². The zero-order valence-electron chi connectivity index (χ0n) is 13.2. The number of nitrogens with one attached hydrogen (secondary N) is 1. The van der Waals surface area contributed by atoms with Gasteiger partial charge in [-0.25, -0.2) is 0 Å². The standard InChI is InChI=1S/C14H20N6O2.HI/c1-15-14(16-8-12-3-5-22-18-12)20-4-6-21-13(10-20)11-7-17-19(2)9-11;/h3,5,7,9,13H,4,6,8,10H2,1-2H3,(H,15,16);1H. The fraction of sp³-hybridized carbons (Fsp3) is 0.500. The predicted molar refractivity (Wildman–Crippen MR) is 95.6 cm³/mol. The summed E-state index contributed by atoms with van der Waals surface area (Å²) in [7, 11) is 3.68. The highest BCUT2D eigenvalue weighted by molar-refractivity contribution is 14.0. The van der Waals surface area contributed by atoms with Gasteiger partial charge in [-0.05, 0) is 0 Å². The van der Waals surface area contributed by atoms with Crippen LogP contribution in [0, 0.1) is 0 Å². The lowest BCUT2D eigenvalue weighted by Crippen LogP contribution is -2.47. The van der Waals surface area contributed by atoms with Gasteiger partial charge < -0.3 is 19.5 Å². The summed E-state index contributed by atoms with van der Waals surface area (Å²) in [5, 5.41) is 11.4. The van der Waals surface area contributed by atoms with E-state index in [1.165, 1.54) is 0 Å². The average Bonchev–Trinajstić information content (AvgIpc) is 3.20. The summed E-state index contributed by atoms with van der Waals surface area (Å²) in [5.74, 6) is 0.834. The minimum atomic E-state index is 0. The molecule has 0 amide bonds. The summed E-state index contributed by atoms with van der Waals surface area (Å²) in [5.41, 5.74) is 1.93. The fourth-order valence-corrected chi connectivity index (χ4v) is 2.48. The lowest BCUT2D eigenvalue weighted by atomic mass is 10.1. The molecule has 1 saturated heterocycles. The molecule has 126 valence electrons. The summed E-state index contributed by atoms with van der Waals surface area (Å²) in [6.45, 7) is 2.78. The third kappa shape index (κ3) is 4.44. The first kappa shape index (κ1) is 17.7. The van der Waals surface area contributed by atoms with Crippen LogP contribution in [-0.4, -0.2) is 52.5 Å². The van der Waals surface area contributed by atoms with E-state index >= 15 is 0 Å². The van der Waals surface area contributed by atoms with Crippen LogP contribution in [0.3, 0.4) is 0 Å². The highest BCUT2D eigenvalue weighted by Gasteiger charge is 2.25. The molecule has 23 heavy (non-hydrogen) atoms. The Bertz CT molecular complexity index is 627. The maximum absolute atomic E-state index is 5.85. The number of hydrogen-bond donors (Lipinski definition) is 1. The number of morpholine rings is 1. The normalized spacial score (nSPS) is 18.6. The van der Waals surface area contributed by atoms with Crippen LogP contribution >= 0.6 is 24.0 Å². The Morgan fingerprint density at radius 3 is 3.04 bits per heavy atom. The van der Waals surface area contributed by atoms with Crippen molar-refractivity contribution in [2.24, 2.45) is 12.0 Å². The molecular weight excluding hydrogens is 411 g/mol. The monoisotopic (exact) mass is 432 g/mol. The second-order valence-electron chi connectivity index (χ2n) is 5.14. The van der Waals surface area contributed by atoms with Crippen molar-refractivity contribution < 1.29 is 9.26 Å². The molecule has 0 aliphatic carbocycles. The van der Waals surface area contributed by atoms with Crippen molar-refractivity contribution in [3.05, 3.63) is 36.0 Å². The van der Waals surface area contributed by atoms with Gasteiger partial charge in [0.1, 0.15) is 18.1 Å². The fourth-order valence-electron chi connectivity index (χ4n) is 2.48. The van der Waals surface area contributed by atoms with Crippen LogP contribution in [0.2, 0.25) is 0 Å². The molecule has 1 fully saturated rings. The number of aromatic nitrogens is 3. The predicted octanol–water partition coefficient (Wildman–Crippen LogP) is 1.17. The van der Waals surface area contributed by atoms with Crippen molar-refractivity contribution >= 4 is 29.9 Å². The van der Waals surface area contributed by atoms with Crippen LogP contribution in [0.5, 0.6) is 0 Å². The molecule has 9 heteroatoms. The Balaban J connectivity index is 0.00000192. The number of guanidine groups is 1. The largest absolute Gasteiger partial charge is 0.370 e. The molecule has 0 aromatic carbocycles. The van der Waals surface area contributed by atoms with Gasteiger partial charge in [-0.2, -0.15) is 5.10 Å². The van der Waals surface area contributed by atoms with Crippen LogP contribution in [0.4, 0.5) is 0 Å². The van der Waals surface area contributed by atoms with Crippen molar-refractivity contribution in [2.75, 3.05) is 26.7 Å². The third-order valence-corrected chi connectivity index (χ3v) is 3.59. The minimum absolute atomic E-state index is 0. The van der Waals surface area contributed by atoms with Crippen molar-refractivity contribution in [3.8, 4) is 0 Å². The Labute approximate surface area is 151 Å². The van der Waals surface area contributed by atoms with Gasteiger partial charge in [0.05, 0.1) is 25.9 Å². The topological polar surface area (TPSA) is 80.7 Å². The van der Waals surface area contributed by atoms with Crippen LogP contribution in [0.1, 0.15) is 17.4 Å². The molecule has 2 aromatic heterocycles. The van der Waals surface area contributed by atoms with Gasteiger partial charge in [0, 0.05) is 38.5 Å². The van der Waals surface area contributed by atoms with Gasteiger partial charge in [-0.15, -0.1) is 24.0 Å². The average molecular weight is 432 g/mol. The zero-order chi connectivity index (χ0) is 15.4. The maximum atomic E-state index is 5.85. The Morgan fingerprint density at radius 1 is 1.52 bits per heavy atom. The van der Waals surface area contributed by atoms with Crippen molar-refractivity contribution in [2.45, 2.75) is 12.6 Å². The SMILES string of the molecule is CN=C(NCc1ccon1)N1CCOC(c2cnn(C)c2)C1.I. The summed E-state index contributed by atoms with van der Waals surface area (Å²) in [4.78, 5) is 6.52. The number of aliphatic imine (C=N–C) groups is 1. The summed E-state index contributed by atoms with van der Waals surface area (Å²) < 4.78 is 12.5. The van der Waals surface area contributed by atoms with E-state index in [-0.39, 0.29) is 30.1 Å². The van der Waals surface area contributed by atoms with Gasteiger partial charge in [-0.1, -0.05) is 5.16 Å². The van der Waals surface area contributed by atoms with Crippen molar-refractivity contribution in [1.29, 1.82) is 0 Å². The van der Waals surface area contributed by atoms with E-state index < -0.39 is 0 Å². The second-order valence-corrected chi connectivity index (χ2v) is 5.14. The number of ether oxygens (including phenoxy) is 1. The van der Waals surface area contributed by atoms with Crippen molar-refractivity contribution in [1.82, 2.24) is 25.2 Å². The minimum Gasteiger partial charge on any atom is -0.370 e. The van der Waals surface area contributed by atoms with E-state index in [2.05, 4.69) is 25.5 Å². The Hall–Kier alpha value is -1.62. The van der Waals surface area contributed by atoms with Gasteiger partial charge in [-0.3, -0.25) is 9.67 Å². The Kier molecular flexibility index (Phi) is 6.39. The quantitative estimate of drug-likeness (QED) is 0.446. The summed E-state index contributed by atoms with van der Waals surface area (Å²) >= 11 is 0. The molecule has 1 aliphatic rings. The summed E-state index contributed by atoms with van der Waals surface area (Å²) in [6, 6.07) is 1.83. The molecule has 0 saturated carbocycles. The van der Waals surface area contributed by atoms with E-state index in [1.807, 2.05) is 25.5 Å². The molecule has 0 spiro atoms. The maximum Gasteiger partial charge on any atom is 0.194 e. The molecule has 1 unspecified atom stereocenters. The van der Waals surface area contributed by atoms with Gasteiger partial charge in [0.15, 0.2) is 5.96 Å². The highest BCUT2D eigenvalue weighted by Crippen LogP contribution is 2.21. The number of aryl methyl sites for hydroxylation is 1. The molecule has 8 nitrogen and oxygen atoms in total.